The third kappa shape index (κ3) is 5.04. The lowest BCUT2D eigenvalue weighted by molar-refractivity contribution is -0.141. The van der Waals surface area contributed by atoms with Crippen LogP contribution >= 0.6 is 0 Å². The molecular weight excluding hydrogens is 232 g/mol. The second-order valence-corrected chi connectivity index (χ2v) is 5.30. The van der Waals surface area contributed by atoms with Gasteiger partial charge in [-0.3, -0.25) is 9.59 Å². The Hall–Kier alpha value is -1.10. The summed E-state index contributed by atoms with van der Waals surface area (Å²) in [6.45, 7) is 1.18. The van der Waals surface area contributed by atoms with Crippen molar-refractivity contribution < 1.29 is 14.7 Å². The SMILES string of the molecule is NCCCCCC(=O)NCC1(CC(=O)O)CCC1. The van der Waals surface area contributed by atoms with Crippen LogP contribution in [0.1, 0.15) is 51.4 Å². The van der Waals surface area contributed by atoms with Crippen LogP contribution in [0.4, 0.5) is 0 Å². The van der Waals surface area contributed by atoms with E-state index in [2.05, 4.69) is 5.32 Å². The van der Waals surface area contributed by atoms with Crippen LogP contribution in [-0.2, 0) is 9.59 Å². The van der Waals surface area contributed by atoms with Crippen LogP contribution in [-0.4, -0.2) is 30.1 Å². The average molecular weight is 256 g/mol. The van der Waals surface area contributed by atoms with E-state index in [4.69, 9.17) is 10.8 Å². The van der Waals surface area contributed by atoms with Crippen LogP contribution in [0.15, 0.2) is 0 Å². The van der Waals surface area contributed by atoms with E-state index in [1.807, 2.05) is 0 Å². The topological polar surface area (TPSA) is 92.4 Å². The van der Waals surface area contributed by atoms with Gasteiger partial charge in [0, 0.05) is 13.0 Å². The summed E-state index contributed by atoms with van der Waals surface area (Å²) in [5, 5.41) is 11.7. The number of carbonyl (C=O) groups excluding carboxylic acids is 1. The Morgan fingerprint density at radius 3 is 2.44 bits per heavy atom. The number of unbranched alkanes of at least 4 members (excludes halogenated alkanes) is 2. The predicted octanol–water partition coefficient (Wildman–Crippen LogP) is 1.27. The summed E-state index contributed by atoms with van der Waals surface area (Å²) < 4.78 is 0. The van der Waals surface area contributed by atoms with Crippen molar-refractivity contribution in [3.8, 4) is 0 Å². The summed E-state index contributed by atoms with van der Waals surface area (Å²) in [5.41, 5.74) is 5.20. The van der Waals surface area contributed by atoms with Gasteiger partial charge in [-0.05, 0) is 37.6 Å². The molecule has 0 spiro atoms. The quantitative estimate of drug-likeness (QED) is 0.542. The summed E-state index contributed by atoms with van der Waals surface area (Å²) >= 11 is 0. The molecule has 0 heterocycles. The van der Waals surface area contributed by atoms with Gasteiger partial charge in [0.05, 0.1) is 6.42 Å². The maximum absolute atomic E-state index is 11.6. The summed E-state index contributed by atoms with van der Waals surface area (Å²) in [6.07, 6.45) is 6.36. The minimum absolute atomic E-state index is 0.0312. The maximum Gasteiger partial charge on any atom is 0.303 e. The van der Waals surface area contributed by atoms with Gasteiger partial charge in [-0.15, -0.1) is 0 Å². The van der Waals surface area contributed by atoms with Crippen LogP contribution in [0.2, 0.25) is 0 Å². The number of hydrogen-bond donors (Lipinski definition) is 3. The monoisotopic (exact) mass is 256 g/mol. The molecule has 1 aliphatic carbocycles. The molecular formula is C13H24N2O3. The fourth-order valence-electron chi connectivity index (χ4n) is 2.39. The van der Waals surface area contributed by atoms with E-state index in [0.717, 1.165) is 38.5 Å². The number of carboxylic acid groups (broad SMARTS) is 1. The van der Waals surface area contributed by atoms with E-state index in [1.54, 1.807) is 0 Å². The van der Waals surface area contributed by atoms with Crippen molar-refractivity contribution in [3.63, 3.8) is 0 Å². The number of rotatable bonds is 9. The molecule has 1 fully saturated rings. The Morgan fingerprint density at radius 2 is 1.94 bits per heavy atom. The minimum atomic E-state index is -0.771. The van der Waals surface area contributed by atoms with Crippen LogP contribution in [0.3, 0.4) is 0 Å². The molecule has 1 saturated carbocycles. The minimum Gasteiger partial charge on any atom is -0.481 e. The van der Waals surface area contributed by atoms with Crippen molar-refractivity contribution in [3.05, 3.63) is 0 Å². The van der Waals surface area contributed by atoms with Crippen molar-refractivity contribution in [2.75, 3.05) is 13.1 Å². The molecule has 1 rings (SSSR count). The summed E-state index contributed by atoms with van der Waals surface area (Å²) in [4.78, 5) is 22.4. The smallest absolute Gasteiger partial charge is 0.303 e. The third-order valence-corrected chi connectivity index (χ3v) is 3.71. The van der Waals surface area contributed by atoms with Gasteiger partial charge in [0.1, 0.15) is 0 Å². The molecule has 18 heavy (non-hydrogen) atoms. The predicted molar refractivity (Wildman–Crippen MR) is 69.1 cm³/mol. The first-order valence-electron chi connectivity index (χ1n) is 6.76. The van der Waals surface area contributed by atoms with Gasteiger partial charge in [-0.1, -0.05) is 12.8 Å². The number of hydrogen-bond acceptors (Lipinski definition) is 3. The lowest BCUT2D eigenvalue weighted by atomic mass is 9.66. The van der Waals surface area contributed by atoms with Crippen LogP contribution in [0.25, 0.3) is 0 Å². The standard InChI is InChI=1S/C13H24N2O3/c14-8-3-1-2-5-11(16)15-10-13(6-4-7-13)9-12(17)18/h1-10,14H2,(H,15,16)(H,17,18). The Labute approximate surface area is 108 Å². The number of amides is 1. The van der Waals surface area contributed by atoms with Gasteiger partial charge in [-0.25, -0.2) is 0 Å². The van der Waals surface area contributed by atoms with E-state index >= 15 is 0 Å². The lowest BCUT2D eigenvalue weighted by Crippen LogP contribution is -2.43. The maximum atomic E-state index is 11.6. The fraction of sp³-hybridized carbons (Fsp3) is 0.846. The number of carbonyl (C=O) groups is 2. The van der Waals surface area contributed by atoms with Gasteiger partial charge in [0.25, 0.3) is 0 Å². The van der Waals surface area contributed by atoms with E-state index < -0.39 is 5.97 Å². The Balaban J connectivity index is 2.18. The van der Waals surface area contributed by atoms with Crippen LogP contribution in [0, 0.1) is 5.41 Å². The Kier molecular flexibility index (Phi) is 6.12. The normalized spacial score (nSPS) is 16.9. The number of nitrogens with one attached hydrogen (secondary N) is 1. The molecule has 0 unspecified atom stereocenters. The van der Waals surface area contributed by atoms with Crippen LogP contribution < -0.4 is 11.1 Å². The first-order valence-corrected chi connectivity index (χ1v) is 6.76. The molecule has 1 aliphatic rings. The van der Waals surface area contributed by atoms with Crippen molar-refractivity contribution in [2.45, 2.75) is 51.4 Å². The van der Waals surface area contributed by atoms with Crippen molar-refractivity contribution >= 4 is 11.9 Å². The van der Waals surface area contributed by atoms with Gasteiger partial charge in [0.15, 0.2) is 0 Å². The van der Waals surface area contributed by atoms with Gasteiger partial charge in [0.2, 0.25) is 5.91 Å². The molecule has 5 heteroatoms. The van der Waals surface area contributed by atoms with E-state index in [-0.39, 0.29) is 17.7 Å². The lowest BCUT2D eigenvalue weighted by Gasteiger charge is -2.40. The summed E-state index contributed by atoms with van der Waals surface area (Å²) in [5.74, 6) is -0.740. The molecule has 4 N–H and O–H groups in total. The second-order valence-electron chi connectivity index (χ2n) is 5.30. The summed E-state index contributed by atoms with van der Waals surface area (Å²) in [7, 11) is 0. The summed E-state index contributed by atoms with van der Waals surface area (Å²) in [6, 6.07) is 0. The zero-order valence-corrected chi connectivity index (χ0v) is 10.9. The molecule has 0 aliphatic heterocycles. The molecule has 1 amide bonds. The largest absolute Gasteiger partial charge is 0.481 e. The second kappa shape index (κ2) is 7.36. The van der Waals surface area contributed by atoms with E-state index in [0.29, 0.717) is 19.5 Å². The molecule has 0 radical (unpaired) electrons. The molecule has 0 atom stereocenters. The molecule has 104 valence electrons. The van der Waals surface area contributed by atoms with Crippen LogP contribution in [0.5, 0.6) is 0 Å². The van der Waals surface area contributed by atoms with E-state index in [1.165, 1.54) is 0 Å². The third-order valence-electron chi connectivity index (χ3n) is 3.71. The van der Waals surface area contributed by atoms with Gasteiger partial charge in [-0.2, -0.15) is 0 Å². The fourth-order valence-corrected chi connectivity index (χ4v) is 2.39. The van der Waals surface area contributed by atoms with Crippen molar-refractivity contribution in [1.82, 2.24) is 5.32 Å². The number of aliphatic carboxylic acids is 1. The molecule has 0 aromatic carbocycles. The molecule has 0 aromatic heterocycles. The van der Waals surface area contributed by atoms with Crippen molar-refractivity contribution in [1.29, 1.82) is 0 Å². The first-order chi connectivity index (χ1) is 8.58. The highest BCUT2D eigenvalue weighted by Gasteiger charge is 2.39. The van der Waals surface area contributed by atoms with Gasteiger partial charge < -0.3 is 16.2 Å². The number of nitrogens with two attached hydrogens (primary N) is 1. The Bertz CT molecular complexity index is 288. The zero-order valence-electron chi connectivity index (χ0n) is 10.9. The zero-order chi connectivity index (χ0) is 13.4. The number of carboxylic acids is 1. The van der Waals surface area contributed by atoms with Gasteiger partial charge >= 0.3 is 5.97 Å². The molecule has 0 saturated heterocycles. The highest BCUT2D eigenvalue weighted by Crippen LogP contribution is 2.43. The molecule has 0 aromatic rings. The molecule has 5 nitrogen and oxygen atoms in total. The Morgan fingerprint density at radius 1 is 1.22 bits per heavy atom. The highest BCUT2D eigenvalue weighted by molar-refractivity contribution is 5.76. The van der Waals surface area contributed by atoms with E-state index in [9.17, 15) is 9.59 Å². The highest BCUT2D eigenvalue weighted by atomic mass is 16.4. The molecule has 0 bridgehead atoms. The average Bonchev–Trinajstić information content (AvgIpc) is 2.27. The first kappa shape index (κ1) is 15.0. The van der Waals surface area contributed by atoms with Crippen molar-refractivity contribution in [2.24, 2.45) is 11.1 Å².